The first kappa shape index (κ1) is 20.2. The number of rotatable bonds is 7. The van der Waals surface area contributed by atoms with Crippen molar-refractivity contribution >= 4 is 27.5 Å². The van der Waals surface area contributed by atoms with Gasteiger partial charge in [0.1, 0.15) is 6.04 Å². The molecule has 0 aliphatic carbocycles. The van der Waals surface area contributed by atoms with E-state index in [0.717, 1.165) is 6.54 Å². The second-order valence-corrected chi connectivity index (χ2v) is 9.17. The number of amides is 1. The van der Waals surface area contributed by atoms with Crippen LogP contribution < -0.4 is 5.32 Å². The maximum atomic E-state index is 12.8. The lowest BCUT2D eigenvalue weighted by molar-refractivity contribution is -0.124. The Kier molecular flexibility index (Phi) is 6.85. The number of sulfonamides is 1. The van der Waals surface area contributed by atoms with Crippen molar-refractivity contribution in [1.82, 2.24) is 14.5 Å². The molecule has 0 bridgehead atoms. The number of hydrogen-bond donors (Lipinski definition) is 1. The van der Waals surface area contributed by atoms with Crippen molar-refractivity contribution in [3.8, 4) is 0 Å². The monoisotopic (exact) mass is 387 g/mol. The molecule has 0 unspecified atom stereocenters. The van der Waals surface area contributed by atoms with Gasteiger partial charge in [0.25, 0.3) is 0 Å². The average molecular weight is 388 g/mol. The highest BCUT2D eigenvalue weighted by molar-refractivity contribution is 7.89. The highest BCUT2D eigenvalue weighted by Gasteiger charge is 2.39. The standard InChI is InChI=1S/C17H26ClN3O3S/c1-13(12-20(2)3)11-19-17(22)16-5-4-10-21(16)25(23,24)15-8-6-14(18)7-9-15/h6-9,13,16H,4-5,10-12H2,1-3H3,(H,19,22)/t13-,16+/m1/s1. The lowest BCUT2D eigenvalue weighted by atomic mass is 10.1. The number of benzene rings is 1. The van der Waals surface area contributed by atoms with Crippen molar-refractivity contribution in [2.75, 3.05) is 33.7 Å². The number of nitrogens with zero attached hydrogens (tertiary/aromatic N) is 2. The zero-order chi connectivity index (χ0) is 18.6. The van der Waals surface area contributed by atoms with Crippen LogP contribution in [0.5, 0.6) is 0 Å². The summed E-state index contributed by atoms with van der Waals surface area (Å²) >= 11 is 5.83. The van der Waals surface area contributed by atoms with Crippen LogP contribution in [0.4, 0.5) is 0 Å². The summed E-state index contributed by atoms with van der Waals surface area (Å²) in [5, 5.41) is 3.38. The normalized spacial score (nSPS) is 20.0. The van der Waals surface area contributed by atoms with Crippen LogP contribution in [0.25, 0.3) is 0 Å². The predicted molar refractivity (Wildman–Crippen MR) is 99.1 cm³/mol. The molecule has 1 N–H and O–H groups in total. The van der Waals surface area contributed by atoms with Gasteiger partial charge in [-0.1, -0.05) is 18.5 Å². The van der Waals surface area contributed by atoms with Crippen molar-refractivity contribution in [2.45, 2.75) is 30.7 Å². The Morgan fingerprint density at radius 2 is 2.00 bits per heavy atom. The fraction of sp³-hybridized carbons (Fsp3) is 0.588. The van der Waals surface area contributed by atoms with Gasteiger partial charge in [0.2, 0.25) is 15.9 Å². The number of halogens is 1. The first-order valence-electron chi connectivity index (χ1n) is 8.41. The number of nitrogens with one attached hydrogen (secondary N) is 1. The molecule has 0 saturated carbocycles. The van der Waals surface area contributed by atoms with Gasteiger partial charge in [0, 0.05) is 24.7 Å². The zero-order valence-electron chi connectivity index (χ0n) is 14.9. The topological polar surface area (TPSA) is 69.7 Å². The van der Waals surface area contributed by atoms with E-state index < -0.39 is 16.1 Å². The molecule has 1 aliphatic rings. The molecule has 1 aliphatic heterocycles. The molecular weight excluding hydrogens is 362 g/mol. The minimum absolute atomic E-state index is 0.164. The molecule has 0 spiro atoms. The molecule has 1 saturated heterocycles. The third-order valence-corrected chi connectivity index (χ3v) is 6.40. The lowest BCUT2D eigenvalue weighted by Crippen LogP contribution is -2.47. The SMILES string of the molecule is C[C@H](CNC(=O)[C@@H]1CCCN1S(=O)(=O)c1ccc(Cl)cc1)CN(C)C. The molecule has 6 nitrogen and oxygen atoms in total. The third kappa shape index (κ3) is 5.17. The van der Waals surface area contributed by atoms with Crippen LogP contribution >= 0.6 is 11.6 Å². The molecule has 2 rings (SSSR count). The number of hydrogen-bond acceptors (Lipinski definition) is 4. The maximum absolute atomic E-state index is 12.8. The first-order valence-corrected chi connectivity index (χ1v) is 10.2. The minimum atomic E-state index is -3.70. The van der Waals surface area contributed by atoms with Gasteiger partial charge >= 0.3 is 0 Å². The maximum Gasteiger partial charge on any atom is 0.243 e. The quantitative estimate of drug-likeness (QED) is 0.774. The molecule has 1 aromatic rings. The second kappa shape index (κ2) is 8.49. The van der Waals surface area contributed by atoms with Crippen molar-refractivity contribution in [1.29, 1.82) is 0 Å². The summed E-state index contributed by atoms with van der Waals surface area (Å²) in [5.41, 5.74) is 0. The van der Waals surface area contributed by atoms with Gasteiger partial charge in [-0.15, -0.1) is 0 Å². The van der Waals surface area contributed by atoms with Crippen LogP contribution in [-0.4, -0.2) is 63.3 Å². The molecule has 1 aromatic carbocycles. The molecule has 0 radical (unpaired) electrons. The van der Waals surface area contributed by atoms with E-state index in [1.165, 1.54) is 16.4 Å². The fourth-order valence-electron chi connectivity index (χ4n) is 3.11. The average Bonchev–Trinajstić information content (AvgIpc) is 3.03. The molecule has 1 heterocycles. The summed E-state index contributed by atoms with van der Waals surface area (Å²) in [7, 11) is 0.262. The Balaban J connectivity index is 2.06. The van der Waals surface area contributed by atoms with Gasteiger partial charge in [0.15, 0.2) is 0 Å². The summed E-state index contributed by atoms with van der Waals surface area (Å²) < 4.78 is 27.0. The van der Waals surface area contributed by atoms with E-state index in [2.05, 4.69) is 17.1 Å². The number of carbonyl (C=O) groups is 1. The molecule has 8 heteroatoms. The third-order valence-electron chi connectivity index (χ3n) is 4.23. The first-order chi connectivity index (χ1) is 11.7. The van der Waals surface area contributed by atoms with E-state index in [0.29, 0.717) is 36.9 Å². The molecule has 25 heavy (non-hydrogen) atoms. The van der Waals surface area contributed by atoms with Crippen molar-refractivity contribution < 1.29 is 13.2 Å². The largest absolute Gasteiger partial charge is 0.354 e. The van der Waals surface area contributed by atoms with E-state index in [-0.39, 0.29) is 10.8 Å². The van der Waals surface area contributed by atoms with Crippen LogP contribution in [-0.2, 0) is 14.8 Å². The van der Waals surface area contributed by atoms with Crippen LogP contribution in [0.15, 0.2) is 29.2 Å². The molecule has 2 atom stereocenters. The van der Waals surface area contributed by atoms with Crippen molar-refractivity contribution in [3.63, 3.8) is 0 Å². The van der Waals surface area contributed by atoms with Crippen LogP contribution in [0.3, 0.4) is 0 Å². The Morgan fingerprint density at radius 3 is 2.60 bits per heavy atom. The van der Waals surface area contributed by atoms with E-state index >= 15 is 0 Å². The summed E-state index contributed by atoms with van der Waals surface area (Å²) in [5.74, 6) is 0.0716. The Bertz CT molecular complexity index is 692. The van der Waals surface area contributed by atoms with E-state index in [1.54, 1.807) is 12.1 Å². The molecular formula is C17H26ClN3O3S. The van der Waals surface area contributed by atoms with Gasteiger partial charge in [-0.3, -0.25) is 4.79 Å². The minimum Gasteiger partial charge on any atom is -0.354 e. The van der Waals surface area contributed by atoms with E-state index in [4.69, 9.17) is 11.6 Å². The Morgan fingerprint density at radius 1 is 1.36 bits per heavy atom. The molecule has 0 aromatic heterocycles. The van der Waals surface area contributed by atoms with Crippen LogP contribution in [0.1, 0.15) is 19.8 Å². The Labute approximate surface area is 155 Å². The highest BCUT2D eigenvalue weighted by atomic mass is 35.5. The summed E-state index contributed by atoms with van der Waals surface area (Å²) in [6, 6.07) is 5.39. The lowest BCUT2D eigenvalue weighted by Gasteiger charge is -2.24. The molecule has 140 valence electrons. The van der Waals surface area contributed by atoms with Gasteiger partial charge in [-0.25, -0.2) is 8.42 Å². The van der Waals surface area contributed by atoms with Crippen molar-refractivity contribution in [3.05, 3.63) is 29.3 Å². The summed E-state index contributed by atoms with van der Waals surface area (Å²) in [6.45, 7) is 3.80. The number of carbonyl (C=O) groups excluding carboxylic acids is 1. The Hall–Kier alpha value is -1.15. The van der Waals surface area contributed by atoms with Gasteiger partial charge in [0.05, 0.1) is 4.90 Å². The summed E-state index contributed by atoms with van der Waals surface area (Å²) in [6.07, 6.45) is 1.22. The predicted octanol–water partition coefficient (Wildman–Crippen LogP) is 1.81. The smallest absolute Gasteiger partial charge is 0.243 e. The van der Waals surface area contributed by atoms with Gasteiger partial charge in [-0.2, -0.15) is 4.31 Å². The summed E-state index contributed by atoms with van der Waals surface area (Å²) in [4.78, 5) is 14.7. The fourth-order valence-corrected chi connectivity index (χ4v) is 4.89. The zero-order valence-corrected chi connectivity index (χ0v) is 16.5. The molecule has 1 amide bonds. The second-order valence-electron chi connectivity index (χ2n) is 6.84. The van der Waals surface area contributed by atoms with Crippen LogP contribution in [0, 0.1) is 5.92 Å². The van der Waals surface area contributed by atoms with Gasteiger partial charge < -0.3 is 10.2 Å². The molecule has 1 fully saturated rings. The van der Waals surface area contributed by atoms with Gasteiger partial charge in [-0.05, 0) is 57.1 Å². The highest BCUT2D eigenvalue weighted by Crippen LogP contribution is 2.27. The van der Waals surface area contributed by atoms with Crippen LogP contribution in [0.2, 0.25) is 5.02 Å². The van der Waals surface area contributed by atoms with E-state index in [1.807, 2.05) is 14.1 Å². The van der Waals surface area contributed by atoms with Crippen molar-refractivity contribution in [2.24, 2.45) is 5.92 Å². The van der Waals surface area contributed by atoms with E-state index in [9.17, 15) is 13.2 Å².